The second-order valence-electron chi connectivity index (χ2n) is 6.70. The van der Waals surface area contributed by atoms with Crippen LogP contribution in [-0.2, 0) is 0 Å². The van der Waals surface area contributed by atoms with E-state index in [1.54, 1.807) is 0 Å². The minimum atomic E-state index is 0.234. The normalized spacial score (nSPS) is 26.9. The summed E-state index contributed by atoms with van der Waals surface area (Å²) < 4.78 is 5.71. The van der Waals surface area contributed by atoms with Gasteiger partial charge in [0.05, 0.1) is 6.10 Å². The van der Waals surface area contributed by atoms with Crippen molar-refractivity contribution in [2.45, 2.75) is 45.3 Å². The molecule has 1 saturated heterocycles. The van der Waals surface area contributed by atoms with E-state index in [1.807, 2.05) is 0 Å². The van der Waals surface area contributed by atoms with Gasteiger partial charge in [0.15, 0.2) is 0 Å². The van der Waals surface area contributed by atoms with E-state index in [-0.39, 0.29) is 6.10 Å². The van der Waals surface area contributed by atoms with Gasteiger partial charge in [-0.05, 0) is 63.8 Å². The minimum Gasteiger partial charge on any atom is -0.491 e. The van der Waals surface area contributed by atoms with E-state index < -0.39 is 0 Å². The molecule has 110 valence electrons. The molecule has 0 bridgehead atoms. The Hall–Kier alpha value is -1.22. The van der Waals surface area contributed by atoms with Crippen molar-refractivity contribution in [1.82, 2.24) is 5.32 Å². The maximum atomic E-state index is 5.71. The van der Waals surface area contributed by atoms with Crippen molar-refractivity contribution in [2.24, 2.45) is 5.92 Å². The molecule has 3 rings (SSSR count). The lowest BCUT2D eigenvalue weighted by Crippen LogP contribution is -2.60. The van der Waals surface area contributed by atoms with Crippen molar-refractivity contribution in [2.75, 3.05) is 24.5 Å². The second-order valence-corrected chi connectivity index (χ2v) is 6.70. The van der Waals surface area contributed by atoms with Crippen LogP contribution < -0.4 is 15.0 Å². The van der Waals surface area contributed by atoms with Crippen LogP contribution in [0.15, 0.2) is 24.3 Å². The molecular formula is C17H26N2O. The van der Waals surface area contributed by atoms with Crippen LogP contribution >= 0.6 is 0 Å². The molecule has 1 aliphatic heterocycles. The molecule has 1 aromatic carbocycles. The van der Waals surface area contributed by atoms with Crippen LogP contribution in [0.1, 0.15) is 33.6 Å². The summed E-state index contributed by atoms with van der Waals surface area (Å²) in [7, 11) is 0. The molecule has 1 atom stereocenters. The summed E-state index contributed by atoms with van der Waals surface area (Å²) >= 11 is 0. The predicted octanol–water partition coefficient (Wildman–Crippen LogP) is 3.05. The summed E-state index contributed by atoms with van der Waals surface area (Å²) in [4.78, 5) is 2.51. The Kier molecular flexibility index (Phi) is 3.63. The lowest BCUT2D eigenvalue weighted by molar-refractivity contribution is 0.242. The van der Waals surface area contributed by atoms with Gasteiger partial charge >= 0.3 is 0 Å². The SMILES string of the molecule is CC(C)Oc1ccc(N2CCNC(C)(C3CC3)C2)cc1. The summed E-state index contributed by atoms with van der Waals surface area (Å²) in [5.41, 5.74) is 1.61. The van der Waals surface area contributed by atoms with Crippen LogP contribution in [0.2, 0.25) is 0 Å². The van der Waals surface area contributed by atoms with Crippen molar-refractivity contribution in [1.29, 1.82) is 0 Å². The summed E-state index contributed by atoms with van der Waals surface area (Å²) in [5.74, 6) is 1.83. The zero-order chi connectivity index (χ0) is 14.2. The molecule has 2 aliphatic rings. The number of hydrogen-bond acceptors (Lipinski definition) is 3. The van der Waals surface area contributed by atoms with Crippen LogP contribution in [-0.4, -0.2) is 31.3 Å². The third-order valence-electron chi connectivity index (χ3n) is 4.48. The molecule has 1 aromatic rings. The Morgan fingerprint density at radius 3 is 2.55 bits per heavy atom. The summed E-state index contributed by atoms with van der Waals surface area (Å²) in [6.45, 7) is 9.79. The van der Waals surface area contributed by atoms with Gasteiger partial charge in [-0.25, -0.2) is 0 Å². The molecule has 2 fully saturated rings. The zero-order valence-corrected chi connectivity index (χ0v) is 12.9. The molecular weight excluding hydrogens is 248 g/mol. The Morgan fingerprint density at radius 1 is 1.25 bits per heavy atom. The van der Waals surface area contributed by atoms with E-state index in [4.69, 9.17) is 4.74 Å². The molecule has 0 aromatic heterocycles. The topological polar surface area (TPSA) is 24.5 Å². The van der Waals surface area contributed by atoms with Gasteiger partial charge in [-0.1, -0.05) is 0 Å². The maximum Gasteiger partial charge on any atom is 0.119 e. The Bertz CT molecular complexity index is 453. The van der Waals surface area contributed by atoms with Crippen LogP contribution in [0.4, 0.5) is 5.69 Å². The molecule has 0 radical (unpaired) electrons. The van der Waals surface area contributed by atoms with Crippen LogP contribution in [0.3, 0.4) is 0 Å². The maximum absolute atomic E-state index is 5.71. The summed E-state index contributed by atoms with van der Waals surface area (Å²) in [6.07, 6.45) is 3.01. The van der Waals surface area contributed by atoms with Crippen molar-refractivity contribution >= 4 is 5.69 Å². The molecule has 20 heavy (non-hydrogen) atoms. The first-order valence-corrected chi connectivity index (χ1v) is 7.83. The first kappa shape index (κ1) is 13.7. The number of ether oxygens (including phenoxy) is 1. The third kappa shape index (κ3) is 2.93. The molecule has 0 amide bonds. The summed E-state index contributed by atoms with van der Waals surface area (Å²) in [5, 5.41) is 3.73. The molecule has 1 unspecified atom stereocenters. The number of piperazine rings is 1. The average Bonchev–Trinajstić information content (AvgIpc) is 3.23. The molecule has 0 spiro atoms. The van der Waals surface area contributed by atoms with Crippen LogP contribution in [0.25, 0.3) is 0 Å². The standard InChI is InChI=1S/C17H26N2O/c1-13(2)20-16-8-6-15(7-9-16)19-11-10-18-17(3,12-19)14-4-5-14/h6-9,13-14,18H,4-5,10-12H2,1-3H3. The first-order valence-electron chi connectivity index (χ1n) is 7.83. The number of nitrogens with one attached hydrogen (secondary N) is 1. The molecule has 1 N–H and O–H groups in total. The smallest absolute Gasteiger partial charge is 0.119 e. The number of nitrogens with zero attached hydrogens (tertiary/aromatic N) is 1. The number of anilines is 1. The van der Waals surface area contributed by atoms with E-state index in [0.29, 0.717) is 5.54 Å². The highest BCUT2D eigenvalue weighted by atomic mass is 16.5. The van der Waals surface area contributed by atoms with Crippen LogP contribution in [0.5, 0.6) is 5.75 Å². The van der Waals surface area contributed by atoms with Gasteiger partial charge in [0.2, 0.25) is 0 Å². The third-order valence-corrected chi connectivity index (χ3v) is 4.48. The zero-order valence-electron chi connectivity index (χ0n) is 12.9. The lowest BCUT2D eigenvalue weighted by Gasteiger charge is -2.43. The van der Waals surface area contributed by atoms with Crippen molar-refractivity contribution in [3.8, 4) is 5.75 Å². The molecule has 3 heteroatoms. The van der Waals surface area contributed by atoms with Gasteiger partial charge in [-0.3, -0.25) is 0 Å². The quantitative estimate of drug-likeness (QED) is 0.913. The number of benzene rings is 1. The lowest BCUT2D eigenvalue weighted by atomic mass is 9.92. The van der Waals surface area contributed by atoms with Gasteiger partial charge in [-0.2, -0.15) is 0 Å². The van der Waals surface area contributed by atoms with Gasteiger partial charge in [0, 0.05) is 30.9 Å². The van der Waals surface area contributed by atoms with Gasteiger partial charge in [0.25, 0.3) is 0 Å². The number of rotatable bonds is 4. The van der Waals surface area contributed by atoms with Crippen molar-refractivity contribution in [3.63, 3.8) is 0 Å². The van der Waals surface area contributed by atoms with E-state index in [0.717, 1.165) is 31.3 Å². The molecule has 3 nitrogen and oxygen atoms in total. The second kappa shape index (κ2) is 5.28. The fourth-order valence-corrected chi connectivity index (χ4v) is 3.23. The Labute approximate surface area is 122 Å². The van der Waals surface area contributed by atoms with Gasteiger partial charge in [-0.15, -0.1) is 0 Å². The fraction of sp³-hybridized carbons (Fsp3) is 0.647. The number of hydrogen-bond donors (Lipinski definition) is 1. The highest BCUT2D eigenvalue weighted by Gasteiger charge is 2.43. The molecule has 1 heterocycles. The monoisotopic (exact) mass is 274 g/mol. The predicted molar refractivity (Wildman–Crippen MR) is 83.6 cm³/mol. The molecule has 1 aliphatic carbocycles. The van der Waals surface area contributed by atoms with E-state index in [9.17, 15) is 0 Å². The average molecular weight is 274 g/mol. The highest BCUT2D eigenvalue weighted by molar-refractivity contribution is 5.50. The van der Waals surface area contributed by atoms with Gasteiger partial charge < -0.3 is 15.0 Å². The van der Waals surface area contributed by atoms with E-state index in [1.165, 1.54) is 18.5 Å². The van der Waals surface area contributed by atoms with Crippen molar-refractivity contribution < 1.29 is 4.74 Å². The minimum absolute atomic E-state index is 0.234. The van der Waals surface area contributed by atoms with Gasteiger partial charge in [0.1, 0.15) is 5.75 Å². The van der Waals surface area contributed by atoms with E-state index >= 15 is 0 Å². The largest absolute Gasteiger partial charge is 0.491 e. The fourth-order valence-electron chi connectivity index (χ4n) is 3.23. The molecule has 1 saturated carbocycles. The van der Waals surface area contributed by atoms with Crippen molar-refractivity contribution in [3.05, 3.63) is 24.3 Å². The van der Waals surface area contributed by atoms with E-state index in [2.05, 4.69) is 55.3 Å². The Balaban J connectivity index is 1.69. The Morgan fingerprint density at radius 2 is 1.95 bits per heavy atom. The van der Waals surface area contributed by atoms with Crippen LogP contribution in [0, 0.1) is 5.92 Å². The summed E-state index contributed by atoms with van der Waals surface area (Å²) in [6, 6.07) is 8.56. The first-order chi connectivity index (χ1) is 9.57. The highest BCUT2D eigenvalue weighted by Crippen LogP contribution is 2.41.